The van der Waals surface area contributed by atoms with Crippen LogP contribution in [0.25, 0.3) is 0 Å². The Balaban J connectivity index is 0.00000133. The summed E-state index contributed by atoms with van der Waals surface area (Å²) < 4.78 is 11.4. The van der Waals surface area contributed by atoms with Gasteiger partial charge in [0.25, 0.3) is 0 Å². The smallest absolute Gasteiger partial charge is 0.166 e. The van der Waals surface area contributed by atoms with Crippen LogP contribution in [0.5, 0.6) is 11.5 Å². The van der Waals surface area contributed by atoms with Crippen molar-refractivity contribution in [3.05, 3.63) is 23.8 Å². The SMILES string of the molecule is Cl.N[C@@H](c1cccc2c1OCCO2)C1CCCCC1. The molecule has 0 radical (unpaired) electrons. The average Bonchev–Trinajstić information content (AvgIpc) is 2.47. The Labute approximate surface area is 120 Å². The average molecular weight is 284 g/mol. The van der Waals surface area contributed by atoms with Crippen LogP contribution in [0.15, 0.2) is 18.2 Å². The molecule has 2 aliphatic rings. The summed E-state index contributed by atoms with van der Waals surface area (Å²) in [6.07, 6.45) is 6.46. The summed E-state index contributed by atoms with van der Waals surface area (Å²) >= 11 is 0. The molecule has 0 aromatic heterocycles. The second-order valence-electron chi connectivity index (χ2n) is 5.30. The number of hydrogen-bond acceptors (Lipinski definition) is 3. The van der Waals surface area contributed by atoms with Gasteiger partial charge in [-0.15, -0.1) is 12.4 Å². The zero-order chi connectivity index (χ0) is 12.4. The van der Waals surface area contributed by atoms with Crippen molar-refractivity contribution < 1.29 is 9.47 Å². The Bertz CT molecular complexity index is 419. The fraction of sp³-hybridized carbons (Fsp3) is 0.600. The molecule has 1 saturated carbocycles. The van der Waals surface area contributed by atoms with Gasteiger partial charge in [0.1, 0.15) is 13.2 Å². The second-order valence-corrected chi connectivity index (χ2v) is 5.30. The molecule has 0 saturated heterocycles. The lowest BCUT2D eigenvalue weighted by molar-refractivity contribution is 0.167. The van der Waals surface area contributed by atoms with Gasteiger partial charge < -0.3 is 15.2 Å². The molecule has 1 heterocycles. The minimum Gasteiger partial charge on any atom is -0.486 e. The molecule has 0 bridgehead atoms. The fourth-order valence-corrected chi connectivity index (χ4v) is 3.11. The van der Waals surface area contributed by atoms with Crippen molar-refractivity contribution in [2.75, 3.05) is 13.2 Å². The van der Waals surface area contributed by atoms with Crippen molar-refractivity contribution in [2.24, 2.45) is 11.7 Å². The lowest BCUT2D eigenvalue weighted by atomic mass is 9.81. The van der Waals surface area contributed by atoms with E-state index in [9.17, 15) is 0 Å². The Hall–Kier alpha value is -0.930. The van der Waals surface area contributed by atoms with Gasteiger partial charge in [-0.25, -0.2) is 0 Å². The van der Waals surface area contributed by atoms with Crippen LogP contribution in [0.4, 0.5) is 0 Å². The normalized spacial score (nSPS) is 20.5. The second kappa shape index (κ2) is 6.49. The summed E-state index contributed by atoms with van der Waals surface area (Å²) in [6.45, 7) is 1.26. The van der Waals surface area contributed by atoms with Gasteiger partial charge in [-0.1, -0.05) is 31.4 Å². The fourth-order valence-electron chi connectivity index (χ4n) is 3.11. The van der Waals surface area contributed by atoms with Crippen LogP contribution in [0.3, 0.4) is 0 Å². The van der Waals surface area contributed by atoms with Crippen molar-refractivity contribution in [1.29, 1.82) is 0 Å². The maximum Gasteiger partial charge on any atom is 0.166 e. The molecule has 106 valence electrons. The van der Waals surface area contributed by atoms with Crippen LogP contribution in [-0.4, -0.2) is 13.2 Å². The van der Waals surface area contributed by atoms with Gasteiger partial charge in [0.05, 0.1) is 0 Å². The minimum absolute atomic E-state index is 0. The Morgan fingerprint density at radius 1 is 1.05 bits per heavy atom. The third-order valence-corrected chi connectivity index (χ3v) is 4.11. The van der Waals surface area contributed by atoms with E-state index < -0.39 is 0 Å². The highest BCUT2D eigenvalue weighted by molar-refractivity contribution is 5.85. The number of halogens is 1. The summed E-state index contributed by atoms with van der Waals surface area (Å²) in [6, 6.07) is 6.16. The molecule has 4 heteroatoms. The molecular weight excluding hydrogens is 262 g/mol. The van der Waals surface area contributed by atoms with Gasteiger partial charge in [-0.05, 0) is 24.8 Å². The quantitative estimate of drug-likeness (QED) is 0.904. The molecule has 2 N–H and O–H groups in total. The van der Waals surface area contributed by atoms with E-state index in [2.05, 4.69) is 6.07 Å². The molecule has 1 aliphatic carbocycles. The van der Waals surface area contributed by atoms with Gasteiger partial charge in [-0.2, -0.15) is 0 Å². The first-order valence-electron chi connectivity index (χ1n) is 7.00. The van der Waals surface area contributed by atoms with E-state index in [1.807, 2.05) is 12.1 Å². The highest BCUT2D eigenvalue weighted by Crippen LogP contribution is 2.41. The summed E-state index contributed by atoms with van der Waals surface area (Å²) in [5.74, 6) is 2.32. The van der Waals surface area contributed by atoms with E-state index in [4.69, 9.17) is 15.2 Å². The molecule has 1 aliphatic heterocycles. The Kier molecular flexibility index (Phi) is 4.94. The lowest BCUT2D eigenvalue weighted by Crippen LogP contribution is -2.25. The number of ether oxygens (including phenoxy) is 2. The number of fused-ring (bicyclic) bond motifs is 1. The molecule has 0 spiro atoms. The third-order valence-electron chi connectivity index (χ3n) is 4.11. The largest absolute Gasteiger partial charge is 0.486 e. The van der Waals surface area contributed by atoms with E-state index in [0.717, 1.165) is 17.1 Å². The molecule has 1 fully saturated rings. The first-order valence-corrected chi connectivity index (χ1v) is 7.00. The van der Waals surface area contributed by atoms with Gasteiger partial charge in [-0.3, -0.25) is 0 Å². The van der Waals surface area contributed by atoms with E-state index >= 15 is 0 Å². The van der Waals surface area contributed by atoms with Gasteiger partial charge >= 0.3 is 0 Å². The minimum atomic E-state index is 0. The maximum absolute atomic E-state index is 6.46. The topological polar surface area (TPSA) is 44.5 Å². The molecule has 0 amide bonds. The molecule has 1 aromatic carbocycles. The van der Waals surface area contributed by atoms with Crippen LogP contribution >= 0.6 is 12.4 Å². The van der Waals surface area contributed by atoms with E-state index in [1.54, 1.807) is 0 Å². The summed E-state index contributed by atoms with van der Waals surface area (Å²) in [5, 5.41) is 0. The van der Waals surface area contributed by atoms with E-state index in [1.165, 1.54) is 32.1 Å². The molecule has 1 atom stereocenters. The lowest BCUT2D eigenvalue weighted by Gasteiger charge is -2.30. The van der Waals surface area contributed by atoms with Crippen molar-refractivity contribution in [2.45, 2.75) is 38.1 Å². The number of rotatable bonds is 2. The van der Waals surface area contributed by atoms with Crippen LogP contribution < -0.4 is 15.2 Å². The number of nitrogens with two attached hydrogens (primary N) is 1. The standard InChI is InChI=1S/C15H21NO2.ClH/c16-14(11-5-2-1-3-6-11)12-7-4-8-13-15(12)18-10-9-17-13;/h4,7-8,11,14H,1-3,5-6,9-10,16H2;1H/t14-;/m1./s1. The number of para-hydroxylation sites is 1. The molecule has 19 heavy (non-hydrogen) atoms. The molecular formula is C15H22ClNO2. The number of benzene rings is 1. The van der Waals surface area contributed by atoms with Crippen molar-refractivity contribution in [3.8, 4) is 11.5 Å². The van der Waals surface area contributed by atoms with Crippen LogP contribution in [0, 0.1) is 5.92 Å². The number of hydrogen-bond donors (Lipinski definition) is 1. The Morgan fingerprint density at radius 2 is 1.79 bits per heavy atom. The predicted octanol–water partition coefficient (Wildman–Crippen LogP) is 3.46. The monoisotopic (exact) mass is 283 g/mol. The predicted molar refractivity (Wildman–Crippen MR) is 78.2 cm³/mol. The maximum atomic E-state index is 6.46. The van der Waals surface area contributed by atoms with Crippen molar-refractivity contribution in [1.82, 2.24) is 0 Å². The van der Waals surface area contributed by atoms with E-state index in [0.29, 0.717) is 19.1 Å². The highest BCUT2D eigenvalue weighted by atomic mass is 35.5. The third kappa shape index (κ3) is 2.98. The highest BCUT2D eigenvalue weighted by Gasteiger charge is 2.26. The molecule has 1 aromatic rings. The van der Waals surface area contributed by atoms with Gasteiger partial charge in [0, 0.05) is 11.6 Å². The summed E-state index contributed by atoms with van der Waals surface area (Å²) in [5.41, 5.74) is 7.58. The summed E-state index contributed by atoms with van der Waals surface area (Å²) in [4.78, 5) is 0. The van der Waals surface area contributed by atoms with Crippen LogP contribution in [0.1, 0.15) is 43.7 Å². The Morgan fingerprint density at radius 3 is 2.58 bits per heavy atom. The molecule has 0 unspecified atom stereocenters. The van der Waals surface area contributed by atoms with Gasteiger partial charge in [0.2, 0.25) is 0 Å². The zero-order valence-electron chi connectivity index (χ0n) is 11.1. The van der Waals surface area contributed by atoms with Crippen LogP contribution in [0.2, 0.25) is 0 Å². The first-order chi connectivity index (χ1) is 8.86. The molecule has 3 nitrogen and oxygen atoms in total. The first kappa shape index (κ1) is 14.5. The summed E-state index contributed by atoms with van der Waals surface area (Å²) in [7, 11) is 0. The van der Waals surface area contributed by atoms with Crippen molar-refractivity contribution in [3.63, 3.8) is 0 Å². The molecule has 3 rings (SSSR count). The zero-order valence-corrected chi connectivity index (χ0v) is 12.0. The van der Waals surface area contributed by atoms with Crippen LogP contribution in [-0.2, 0) is 0 Å². The van der Waals surface area contributed by atoms with E-state index in [-0.39, 0.29) is 18.4 Å². The van der Waals surface area contributed by atoms with Gasteiger partial charge in [0.15, 0.2) is 11.5 Å². The van der Waals surface area contributed by atoms with Crippen molar-refractivity contribution >= 4 is 12.4 Å².